The Hall–Kier alpha value is -6.12. The molecule has 6 unspecified atom stereocenters. The first-order valence-corrected chi connectivity index (χ1v) is 21.3. The summed E-state index contributed by atoms with van der Waals surface area (Å²) in [5, 5.41) is 11.3. The third kappa shape index (κ3) is 12.0. The van der Waals surface area contributed by atoms with Crippen molar-refractivity contribution in [2.24, 2.45) is 11.8 Å². The Morgan fingerprint density at radius 1 is 0.623 bits per heavy atom. The van der Waals surface area contributed by atoms with Crippen LogP contribution in [0.2, 0.25) is 0 Å². The summed E-state index contributed by atoms with van der Waals surface area (Å²) in [5.74, 6) is -1.43. The van der Waals surface area contributed by atoms with Crippen LogP contribution in [0.25, 0.3) is 0 Å². The minimum Gasteiger partial charge on any atom is -0.453 e. The van der Waals surface area contributed by atoms with E-state index in [2.05, 4.69) is 26.2 Å². The molecule has 328 valence electrons. The minimum atomic E-state index is -0.796. The zero-order valence-electron chi connectivity index (χ0n) is 36.1. The van der Waals surface area contributed by atoms with Crippen molar-refractivity contribution >= 4 is 52.9 Å². The van der Waals surface area contributed by atoms with Crippen LogP contribution in [0.3, 0.4) is 0 Å². The number of likely N-dealkylation sites (tertiary alicyclic amines) is 2. The number of para-hydroxylation sites is 1. The summed E-state index contributed by atoms with van der Waals surface area (Å²) in [5.41, 5.74) is 4.27. The van der Waals surface area contributed by atoms with Crippen LogP contribution < -0.4 is 26.2 Å². The molecule has 0 saturated carbocycles. The average molecular weight is 840 g/mol. The fraction of sp³-hybridized carbons (Fsp3) is 0.478. The molecule has 6 atom stereocenters. The molecule has 2 fully saturated rings. The largest absolute Gasteiger partial charge is 0.453 e. The maximum atomic E-state index is 13.6. The van der Waals surface area contributed by atoms with Gasteiger partial charge in [0.15, 0.2) is 0 Å². The maximum Gasteiger partial charge on any atom is 0.407 e. The lowest BCUT2D eigenvalue weighted by Crippen LogP contribution is -2.54. The number of amides is 6. The third-order valence-corrected chi connectivity index (χ3v) is 11.9. The van der Waals surface area contributed by atoms with E-state index < -0.39 is 36.4 Å². The molecule has 15 heteroatoms. The van der Waals surface area contributed by atoms with Crippen LogP contribution in [0.15, 0.2) is 78.9 Å². The summed E-state index contributed by atoms with van der Waals surface area (Å²) in [6.07, 6.45) is 2.37. The molecule has 0 radical (unpaired) electrons. The van der Waals surface area contributed by atoms with E-state index in [1.54, 1.807) is 9.80 Å². The first kappa shape index (κ1) is 46.0. The van der Waals surface area contributed by atoms with Gasteiger partial charge in [-0.25, -0.2) is 9.59 Å². The summed E-state index contributed by atoms with van der Waals surface area (Å²) in [7, 11) is 2.51. The third-order valence-electron chi connectivity index (χ3n) is 11.9. The number of nitrogens with zero attached hydrogens (tertiary/aromatic N) is 3. The van der Waals surface area contributed by atoms with Gasteiger partial charge in [-0.2, -0.15) is 0 Å². The number of carbonyl (C=O) groups is 6. The lowest BCUT2D eigenvalue weighted by atomic mass is 9.97. The van der Waals surface area contributed by atoms with E-state index in [1.165, 1.54) is 14.2 Å². The number of carbonyl (C=O) groups excluding carboxylic acids is 6. The van der Waals surface area contributed by atoms with Gasteiger partial charge in [-0.05, 0) is 85.0 Å². The van der Waals surface area contributed by atoms with Gasteiger partial charge in [0.05, 0.1) is 14.2 Å². The van der Waals surface area contributed by atoms with Gasteiger partial charge >= 0.3 is 12.2 Å². The van der Waals surface area contributed by atoms with E-state index in [0.29, 0.717) is 76.1 Å². The van der Waals surface area contributed by atoms with Crippen LogP contribution in [-0.2, 0) is 41.7 Å². The summed E-state index contributed by atoms with van der Waals surface area (Å²) < 4.78 is 9.51. The van der Waals surface area contributed by atoms with E-state index in [4.69, 9.17) is 9.47 Å². The summed E-state index contributed by atoms with van der Waals surface area (Å²) >= 11 is 0. The molecule has 0 bridgehead atoms. The van der Waals surface area contributed by atoms with Crippen molar-refractivity contribution in [3.05, 3.63) is 90.0 Å². The van der Waals surface area contributed by atoms with Crippen LogP contribution in [0.5, 0.6) is 0 Å². The SMILES string of the molecule is CCC(C)C(NC(=O)OC)C(=O)N1CCCC1C(=O)Nc1ccc(CN(Cc2ccc(NC(=O)C3CCCN3C(=O)C(NC(=O)OC)C(C)CC)cc2)c2ccccc2)cc1. The quantitative estimate of drug-likeness (QED) is 0.122. The fourth-order valence-electron chi connectivity index (χ4n) is 7.86. The highest BCUT2D eigenvalue weighted by Crippen LogP contribution is 2.26. The van der Waals surface area contributed by atoms with Gasteiger partial charge in [0, 0.05) is 43.2 Å². The minimum absolute atomic E-state index is 0.146. The van der Waals surface area contributed by atoms with Crippen molar-refractivity contribution in [3.8, 4) is 0 Å². The smallest absolute Gasteiger partial charge is 0.407 e. The first-order valence-electron chi connectivity index (χ1n) is 21.3. The van der Waals surface area contributed by atoms with Gasteiger partial charge in [-0.1, -0.05) is 83.0 Å². The molecule has 6 amide bonds. The van der Waals surface area contributed by atoms with E-state index in [9.17, 15) is 28.8 Å². The van der Waals surface area contributed by atoms with Gasteiger partial charge in [-0.15, -0.1) is 0 Å². The predicted octanol–water partition coefficient (Wildman–Crippen LogP) is 6.29. The molecule has 0 aliphatic carbocycles. The van der Waals surface area contributed by atoms with Crippen molar-refractivity contribution in [2.75, 3.05) is 42.8 Å². The molecule has 0 spiro atoms. The van der Waals surface area contributed by atoms with Crippen molar-refractivity contribution in [3.63, 3.8) is 0 Å². The van der Waals surface area contributed by atoms with Crippen LogP contribution in [0, 0.1) is 11.8 Å². The molecule has 2 saturated heterocycles. The van der Waals surface area contributed by atoms with E-state index in [0.717, 1.165) is 16.8 Å². The van der Waals surface area contributed by atoms with Crippen molar-refractivity contribution in [1.29, 1.82) is 0 Å². The Kier molecular flexibility index (Phi) is 16.5. The van der Waals surface area contributed by atoms with Crippen molar-refractivity contribution in [1.82, 2.24) is 20.4 Å². The van der Waals surface area contributed by atoms with Crippen LogP contribution in [-0.4, -0.2) is 97.1 Å². The van der Waals surface area contributed by atoms with Crippen molar-refractivity contribution < 1.29 is 38.2 Å². The fourth-order valence-corrected chi connectivity index (χ4v) is 7.86. The molecular weight excluding hydrogens is 779 g/mol. The number of hydrogen-bond acceptors (Lipinski definition) is 9. The number of alkyl carbamates (subject to hydrolysis) is 2. The lowest BCUT2D eigenvalue weighted by Gasteiger charge is -2.31. The number of anilines is 3. The number of rotatable bonds is 17. The Morgan fingerprint density at radius 3 is 1.38 bits per heavy atom. The molecule has 0 aromatic heterocycles. The number of ether oxygens (including phenoxy) is 2. The highest BCUT2D eigenvalue weighted by molar-refractivity contribution is 5.99. The normalized spacial score (nSPS) is 17.9. The van der Waals surface area contributed by atoms with Gasteiger partial charge in [0.1, 0.15) is 24.2 Å². The predicted molar refractivity (Wildman–Crippen MR) is 234 cm³/mol. The van der Waals surface area contributed by atoms with Crippen LogP contribution in [0.4, 0.5) is 26.7 Å². The lowest BCUT2D eigenvalue weighted by molar-refractivity contribution is -0.139. The second kappa shape index (κ2) is 21.9. The van der Waals surface area contributed by atoms with E-state index in [1.807, 2.05) is 107 Å². The highest BCUT2D eigenvalue weighted by atomic mass is 16.5. The van der Waals surface area contributed by atoms with Crippen molar-refractivity contribution in [2.45, 2.75) is 103 Å². The molecule has 3 aromatic rings. The van der Waals surface area contributed by atoms with Gasteiger partial charge in [0.25, 0.3) is 0 Å². The molecule has 4 N–H and O–H groups in total. The standard InChI is InChI=1S/C46H61N7O8/c1-7-30(3)39(49-45(58)60-5)43(56)52-26-12-16-37(52)41(54)47-34-22-18-32(19-23-34)28-51(36-14-10-9-11-15-36)29-33-20-24-35(25-21-33)48-42(55)38-17-13-27-53(38)44(57)40(31(4)8-2)50-46(59)61-6/h9-11,14-15,18-25,30-31,37-40H,7-8,12-13,16-17,26-29H2,1-6H3,(H,47,54)(H,48,55)(H,49,58)(H,50,59). The summed E-state index contributed by atoms with van der Waals surface area (Å²) in [4.78, 5) is 83.7. The highest BCUT2D eigenvalue weighted by Gasteiger charge is 2.41. The summed E-state index contributed by atoms with van der Waals surface area (Å²) in [6, 6.07) is 22.4. The van der Waals surface area contributed by atoms with Gasteiger partial charge in [0.2, 0.25) is 23.6 Å². The Labute approximate surface area is 358 Å². The van der Waals surface area contributed by atoms with E-state index >= 15 is 0 Å². The molecule has 2 heterocycles. The maximum absolute atomic E-state index is 13.6. The molecule has 2 aliphatic heterocycles. The molecule has 2 aliphatic rings. The van der Waals surface area contributed by atoms with Gasteiger partial charge < -0.3 is 45.4 Å². The molecule has 5 rings (SSSR count). The number of hydrogen-bond donors (Lipinski definition) is 4. The monoisotopic (exact) mass is 839 g/mol. The zero-order chi connectivity index (χ0) is 44.1. The van der Waals surface area contributed by atoms with Crippen LogP contribution >= 0.6 is 0 Å². The second-order valence-corrected chi connectivity index (χ2v) is 15.9. The van der Waals surface area contributed by atoms with Gasteiger partial charge in [-0.3, -0.25) is 19.2 Å². The Bertz CT molecular complexity index is 1840. The number of methoxy groups -OCH3 is 2. The molecule has 3 aromatic carbocycles. The Morgan fingerprint density at radius 2 is 1.02 bits per heavy atom. The zero-order valence-corrected chi connectivity index (χ0v) is 36.1. The number of benzene rings is 3. The molecule has 61 heavy (non-hydrogen) atoms. The molecule has 15 nitrogen and oxygen atoms in total. The average Bonchev–Trinajstić information content (AvgIpc) is 3.99. The second-order valence-electron chi connectivity index (χ2n) is 15.9. The van der Waals surface area contributed by atoms with E-state index in [-0.39, 0.29) is 35.5 Å². The molecular formula is C46H61N7O8. The Balaban J connectivity index is 1.21. The summed E-state index contributed by atoms with van der Waals surface area (Å²) in [6.45, 7) is 9.66. The number of nitrogens with one attached hydrogen (secondary N) is 4. The topological polar surface area (TPSA) is 179 Å². The first-order chi connectivity index (χ1) is 29.4. The van der Waals surface area contributed by atoms with Crippen LogP contribution in [0.1, 0.15) is 77.3 Å².